The Morgan fingerprint density at radius 1 is 0.857 bits per heavy atom. The van der Waals surface area contributed by atoms with Gasteiger partial charge in [-0.25, -0.2) is 0 Å². The van der Waals surface area contributed by atoms with Gasteiger partial charge in [0.05, 0.1) is 28.6 Å². The third-order valence-corrected chi connectivity index (χ3v) is 7.97. The zero-order valence-corrected chi connectivity index (χ0v) is 29.6. The van der Waals surface area contributed by atoms with Crippen LogP contribution in [-0.4, -0.2) is 74.4 Å². The Bertz CT molecular complexity index is 998. The first kappa shape index (κ1) is 36.3. The highest BCUT2D eigenvalue weighted by Gasteiger charge is 2.53. The average Bonchev–Trinajstić information content (AvgIpc) is 2.78. The smallest absolute Gasteiger partial charge is 0.311 e. The second kappa shape index (κ2) is 13.4. The Hall–Kier alpha value is -1.91. The van der Waals surface area contributed by atoms with Crippen LogP contribution in [0.2, 0.25) is 19.6 Å². The Morgan fingerprint density at radius 3 is 1.79 bits per heavy atom. The molecule has 0 aromatic carbocycles. The third-order valence-electron chi connectivity index (χ3n) is 7.09. The molecule has 1 saturated heterocycles. The van der Waals surface area contributed by atoms with E-state index in [0.717, 1.165) is 18.6 Å². The first-order chi connectivity index (χ1) is 19.0. The zero-order chi connectivity index (χ0) is 32.4. The van der Waals surface area contributed by atoms with Crippen molar-refractivity contribution in [2.24, 2.45) is 16.2 Å². The fourth-order valence-electron chi connectivity index (χ4n) is 4.88. The third kappa shape index (κ3) is 9.81. The molecule has 6 atom stereocenters. The summed E-state index contributed by atoms with van der Waals surface area (Å²) in [6.45, 7) is 26.5. The van der Waals surface area contributed by atoms with Crippen LogP contribution < -0.4 is 0 Å². The number of rotatable bonds is 8. The van der Waals surface area contributed by atoms with Crippen LogP contribution in [0.25, 0.3) is 0 Å². The second-order valence-electron chi connectivity index (χ2n) is 15.8. The summed E-state index contributed by atoms with van der Waals surface area (Å²) in [6, 6.07) is -0.0787. The topological polar surface area (TPSA) is 101 Å². The molecule has 0 spiro atoms. The molecular weight excluding hydrogens is 554 g/mol. The van der Waals surface area contributed by atoms with Crippen LogP contribution in [-0.2, 0) is 37.8 Å². The van der Waals surface area contributed by atoms with Crippen molar-refractivity contribution in [3.05, 3.63) is 11.8 Å². The zero-order valence-electron chi connectivity index (χ0n) is 28.6. The molecule has 9 nitrogen and oxygen atoms in total. The van der Waals surface area contributed by atoms with Gasteiger partial charge in [-0.1, -0.05) is 13.3 Å². The van der Waals surface area contributed by atoms with Crippen LogP contribution in [0.15, 0.2) is 11.8 Å². The summed E-state index contributed by atoms with van der Waals surface area (Å²) in [5.74, 6) is -0.429. The number of hydrogen-bond acceptors (Lipinski definition) is 9. The van der Waals surface area contributed by atoms with Gasteiger partial charge in [-0.15, -0.1) is 0 Å². The molecule has 1 fully saturated rings. The van der Waals surface area contributed by atoms with Crippen LogP contribution >= 0.6 is 0 Å². The van der Waals surface area contributed by atoms with E-state index in [1.165, 1.54) is 0 Å². The number of carbonyl (C=O) groups excluding carboxylic acids is 3. The van der Waals surface area contributed by atoms with Crippen LogP contribution in [0.4, 0.5) is 0 Å². The molecule has 0 radical (unpaired) electrons. The van der Waals surface area contributed by atoms with Gasteiger partial charge >= 0.3 is 17.9 Å². The van der Waals surface area contributed by atoms with E-state index in [1.54, 1.807) is 62.3 Å². The van der Waals surface area contributed by atoms with Crippen LogP contribution in [0, 0.1) is 16.2 Å². The lowest BCUT2D eigenvalue weighted by Gasteiger charge is -2.51. The molecule has 0 amide bonds. The summed E-state index contributed by atoms with van der Waals surface area (Å²) in [7, 11) is -1.83. The van der Waals surface area contributed by atoms with Gasteiger partial charge in [-0.3, -0.25) is 19.3 Å². The summed E-state index contributed by atoms with van der Waals surface area (Å²) in [6.07, 6.45) is 0.802. The molecule has 242 valence electrons. The minimum absolute atomic E-state index is 0.0117. The number of hydrogen-bond donors (Lipinski definition) is 0. The van der Waals surface area contributed by atoms with Crippen LogP contribution in [0.3, 0.4) is 0 Å². The SMILES string of the molecule is CCC[C@H]1CC(O[Si](C)(C)C)=C[C@@H](C)N1[C@H]1OC[C@@H](OC(=O)C(C)(C)C)[C@@H](OC(=O)C(C)(C)C)[C@@H]1OC(=O)C(C)(C)C. The Morgan fingerprint density at radius 2 is 1.33 bits per heavy atom. The number of esters is 3. The van der Waals surface area contributed by atoms with Crippen molar-refractivity contribution in [1.29, 1.82) is 0 Å². The average molecular weight is 612 g/mol. The van der Waals surface area contributed by atoms with Gasteiger partial charge in [0, 0.05) is 18.5 Å². The van der Waals surface area contributed by atoms with E-state index < -0.39 is 67.0 Å². The molecular formula is C32H57NO8Si. The van der Waals surface area contributed by atoms with Crippen molar-refractivity contribution in [3.8, 4) is 0 Å². The van der Waals surface area contributed by atoms with E-state index in [1.807, 2.05) is 0 Å². The van der Waals surface area contributed by atoms with E-state index in [4.69, 9.17) is 23.4 Å². The maximum Gasteiger partial charge on any atom is 0.311 e. The van der Waals surface area contributed by atoms with Gasteiger partial charge in [0.2, 0.25) is 8.32 Å². The summed E-state index contributed by atoms with van der Waals surface area (Å²) in [4.78, 5) is 41.9. The van der Waals surface area contributed by atoms with Crippen molar-refractivity contribution in [3.63, 3.8) is 0 Å². The van der Waals surface area contributed by atoms with E-state index >= 15 is 0 Å². The summed E-state index contributed by atoms with van der Waals surface area (Å²) in [5.41, 5.74) is -2.45. The van der Waals surface area contributed by atoms with Crippen molar-refractivity contribution in [2.75, 3.05) is 6.61 Å². The molecule has 2 aliphatic rings. The summed E-state index contributed by atoms with van der Waals surface area (Å²) >= 11 is 0. The normalized spacial score (nSPS) is 28.0. The van der Waals surface area contributed by atoms with Crippen LogP contribution in [0.5, 0.6) is 0 Å². The molecule has 2 heterocycles. The molecule has 2 aliphatic heterocycles. The number of nitrogens with zero attached hydrogens (tertiary/aromatic N) is 1. The lowest BCUT2D eigenvalue weighted by Crippen LogP contribution is -2.66. The first-order valence-corrected chi connectivity index (χ1v) is 18.8. The summed E-state index contributed by atoms with van der Waals surface area (Å²) < 4.78 is 31.1. The molecule has 0 aliphatic carbocycles. The predicted molar refractivity (Wildman–Crippen MR) is 165 cm³/mol. The molecule has 0 aromatic heterocycles. The lowest BCUT2D eigenvalue weighted by molar-refractivity contribution is -0.264. The Labute approximate surface area is 255 Å². The van der Waals surface area contributed by atoms with Gasteiger partial charge in [0.1, 0.15) is 0 Å². The van der Waals surface area contributed by atoms with Gasteiger partial charge in [0.15, 0.2) is 24.5 Å². The largest absolute Gasteiger partial charge is 0.547 e. The maximum absolute atomic E-state index is 13.4. The van der Waals surface area contributed by atoms with Gasteiger partial charge in [-0.05, 0) is 101 Å². The second-order valence-corrected chi connectivity index (χ2v) is 20.3. The van der Waals surface area contributed by atoms with E-state index in [-0.39, 0.29) is 18.7 Å². The van der Waals surface area contributed by atoms with Gasteiger partial charge in [-0.2, -0.15) is 0 Å². The minimum Gasteiger partial charge on any atom is -0.547 e. The highest BCUT2D eigenvalue weighted by Crippen LogP contribution is 2.37. The Kier molecular flexibility index (Phi) is 11.6. The van der Waals surface area contributed by atoms with Gasteiger partial charge in [0.25, 0.3) is 0 Å². The molecule has 0 unspecified atom stereocenters. The monoisotopic (exact) mass is 611 g/mol. The standard InChI is InChI=1S/C32H57NO8Si/c1-15-16-21-18-22(41-42(12,13)14)17-20(2)33(21)26-25(40-29(36)32(9,10)11)24(39-28(35)31(6,7)8)23(19-37-26)38-27(34)30(3,4)5/h17,20-21,23-26H,15-16,18-19H2,1-14H3/t20-,21+,23-,24-,25+,26+/m1/s1. The molecule has 0 aromatic rings. The molecule has 10 heteroatoms. The van der Waals surface area contributed by atoms with Crippen molar-refractivity contribution in [2.45, 2.75) is 152 Å². The minimum atomic E-state index is -1.83. The number of ether oxygens (including phenoxy) is 4. The Balaban J connectivity index is 2.63. The predicted octanol–water partition coefficient (Wildman–Crippen LogP) is 6.21. The molecule has 0 saturated carbocycles. The fraction of sp³-hybridized carbons (Fsp3) is 0.844. The van der Waals surface area contributed by atoms with E-state index in [9.17, 15) is 14.4 Å². The van der Waals surface area contributed by atoms with E-state index in [0.29, 0.717) is 6.42 Å². The van der Waals surface area contributed by atoms with Crippen molar-refractivity contribution >= 4 is 26.2 Å². The molecule has 2 rings (SSSR count). The number of carbonyl (C=O) groups is 3. The van der Waals surface area contributed by atoms with E-state index in [2.05, 4.69) is 44.5 Å². The first-order valence-electron chi connectivity index (χ1n) is 15.4. The lowest BCUT2D eigenvalue weighted by atomic mass is 9.92. The molecule has 42 heavy (non-hydrogen) atoms. The quantitative estimate of drug-likeness (QED) is 0.180. The van der Waals surface area contributed by atoms with Crippen molar-refractivity contribution in [1.82, 2.24) is 4.90 Å². The highest BCUT2D eigenvalue weighted by molar-refractivity contribution is 6.70. The molecule has 0 bridgehead atoms. The highest BCUT2D eigenvalue weighted by atomic mass is 28.4. The maximum atomic E-state index is 13.4. The van der Waals surface area contributed by atoms with Crippen LogP contribution in [0.1, 0.15) is 95.4 Å². The summed E-state index contributed by atoms with van der Waals surface area (Å²) in [5, 5.41) is 0. The van der Waals surface area contributed by atoms with Crippen molar-refractivity contribution < 1.29 is 37.8 Å². The van der Waals surface area contributed by atoms with Gasteiger partial charge < -0.3 is 23.4 Å². The molecule has 0 N–H and O–H groups in total. The fourth-order valence-corrected chi connectivity index (χ4v) is 5.82.